The highest BCUT2D eigenvalue weighted by Crippen LogP contribution is 2.23. The van der Waals surface area contributed by atoms with Gasteiger partial charge in [-0.15, -0.1) is 11.3 Å². The molecule has 1 heterocycles. The zero-order valence-electron chi connectivity index (χ0n) is 12.3. The predicted octanol–water partition coefficient (Wildman–Crippen LogP) is 4.39. The van der Waals surface area contributed by atoms with Crippen molar-refractivity contribution in [3.63, 3.8) is 0 Å². The van der Waals surface area contributed by atoms with E-state index in [0.29, 0.717) is 0 Å². The van der Waals surface area contributed by atoms with Crippen molar-refractivity contribution in [1.29, 1.82) is 0 Å². The second-order valence-corrected chi connectivity index (χ2v) is 6.36. The molecule has 0 unspecified atom stereocenters. The number of hydrogen-bond acceptors (Lipinski definition) is 3. The highest BCUT2D eigenvalue weighted by Gasteiger charge is 2.04. The Bertz CT molecular complexity index is 685. The molecule has 0 amide bonds. The second kappa shape index (κ2) is 6.83. The molecule has 3 rings (SSSR count). The highest BCUT2D eigenvalue weighted by molar-refractivity contribution is 7.18. The maximum atomic E-state index is 4.72. The van der Waals surface area contributed by atoms with Gasteiger partial charge < -0.3 is 5.32 Å². The molecule has 2 aromatic carbocycles. The van der Waals surface area contributed by atoms with E-state index in [2.05, 4.69) is 54.7 Å². The highest BCUT2D eigenvalue weighted by atomic mass is 32.1. The number of nitrogens with one attached hydrogen (secondary N) is 1. The van der Waals surface area contributed by atoms with Gasteiger partial charge in [0.25, 0.3) is 0 Å². The molecule has 0 fully saturated rings. The van der Waals surface area contributed by atoms with Gasteiger partial charge in [0.15, 0.2) is 0 Å². The molecule has 0 radical (unpaired) electrons. The number of thiazole rings is 1. The summed E-state index contributed by atoms with van der Waals surface area (Å²) in [5.41, 5.74) is 3.80. The summed E-state index contributed by atoms with van der Waals surface area (Å²) in [4.78, 5) is 4.72. The normalized spacial score (nSPS) is 11.1. The third-order valence-electron chi connectivity index (χ3n) is 3.44. The van der Waals surface area contributed by atoms with Crippen molar-refractivity contribution in [1.82, 2.24) is 10.3 Å². The summed E-state index contributed by atoms with van der Waals surface area (Å²) in [7, 11) is 0. The van der Waals surface area contributed by atoms with Crippen molar-refractivity contribution in [2.45, 2.75) is 26.3 Å². The fraction of sp³-hybridized carbons (Fsp3) is 0.278. The minimum atomic E-state index is 0.918. The molecular formula is C18H20N2S. The molecule has 0 aliphatic heterocycles. The first-order valence-electron chi connectivity index (χ1n) is 7.48. The number of para-hydroxylation sites is 1. The molecule has 108 valence electrons. The van der Waals surface area contributed by atoms with Gasteiger partial charge in [0.2, 0.25) is 0 Å². The van der Waals surface area contributed by atoms with Gasteiger partial charge in [0, 0.05) is 13.0 Å². The number of hydrogen-bond donors (Lipinski definition) is 1. The molecule has 21 heavy (non-hydrogen) atoms. The van der Waals surface area contributed by atoms with E-state index in [1.807, 2.05) is 6.07 Å². The summed E-state index contributed by atoms with van der Waals surface area (Å²) >= 11 is 1.79. The van der Waals surface area contributed by atoms with Crippen LogP contribution in [0.3, 0.4) is 0 Å². The quantitative estimate of drug-likeness (QED) is 0.683. The summed E-state index contributed by atoms with van der Waals surface area (Å²) in [6, 6.07) is 17.2. The molecule has 0 aliphatic rings. The van der Waals surface area contributed by atoms with E-state index in [1.165, 1.54) is 27.3 Å². The van der Waals surface area contributed by atoms with Crippen LogP contribution in [0.2, 0.25) is 0 Å². The van der Waals surface area contributed by atoms with E-state index >= 15 is 0 Å². The van der Waals surface area contributed by atoms with Crippen LogP contribution in [0.1, 0.15) is 29.5 Å². The lowest BCUT2D eigenvalue weighted by Crippen LogP contribution is -2.13. The van der Waals surface area contributed by atoms with Gasteiger partial charge in [-0.25, -0.2) is 4.98 Å². The summed E-state index contributed by atoms with van der Waals surface area (Å²) in [6.45, 7) is 4.21. The van der Waals surface area contributed by atoms with Gasteiger partial charge in [-0.3, -0.25) is 0 Å². The average molecular weight is 296 g/mol. The molecule has 1 N–H and O–H groups in total. The number of rotatable bonds is 6. The van der Waals surface area contributed by atoms with Crippen molar-refractivity contribution in [3.8, 4) is 0 Å². The Labute approximate surface area is 129 Å². The summed E-state index contributed by atoms with van der Waals surface area (Å²) < 4.78 is 1.27. The lowest BCUT2D eigenvalue weighted by atomic mass is 10.1. The van der Waals surface area contributed by atoms with E-state index in [4.69, 9.17) is 4.98 Å². The maximum Gasteiger partial charge on any atom is 0.0982 e. The van der Waals surface area contributed by atoms with Crippen molar-refractivity contribution in [3.05, 3.63) is 64.7 Å². The Kier molecular flexibility index (Phi) is 4.63. The number of nitrogens with zero attached hydrogens (tertiary/aromatic N) is 1. The Hall–Kier alpha value is -1.71. The molecule has 0 atom stereocenters. The van der Waals surface area contributed by atoms with Crippen LogP contribution in [-0.2, 0) is 13.0 Å². The Morgan fingerprint density at radius 1 is 1.05 bits per heavy atom. The topological polar surface area (TPSA) is 24.9 Å². The molecule has 0 aliphatic carbocycles. The van der Waals surface area contributed by atoms with Crippen molar-refractivity contribution >= 4 is 21.6 Å². The van der Waals surface area contributed by atoms with E-state index in [9.17, 15) is 0 Å². The van der Waals surface area contributed by atoms with Crippen LogP contribution >= 0.6 is 11.3 Å². The first-order chi connectivity index (χ1) is 10.3. The average Bonchev–Trinajstić information content (AvgIpc) is 2.90. The zero-order chi connectivity index (χ0) is 14.5. The van der Waals surface area contributed by atoms with Crippen LogP contribution < -0.4 is 5.32 Å². The van der Waals surface area contributed by atoms with Gasteiger partial charge in [0.1, 0.15) is 0 Å². The molecular weight excluding hydrogens is 276 g/mol. The summed E-state index contributed by atoms with van der Waals surface area (Å²) in [6.07, 6.45) is 2.09. The molecule has 0 saturated carbocycles. The van der Waals surface area contributed by atoms with Gasteiger partial charge in [-0.2, -0.15) is 0 Å². The van der Waals surface area contributed by atoms with Gasteiger partial charge >= 0.3 is 0 Å². The largest absolute Gasteiger partial charge is 0.313 e. The molecule has 1 aromatic heterocycles. The first kappa shape index (κ1) is 14.2. The molecule has 0 spiro atoms. The van der Waals surface area contributed by atoms with Crippen LogP contribution in [0.4, 0.5) is 0 Å². The van der Waals surface area contributed by atoms with Crippen LogP contribution in [0.5, 0.6) is 0 Å². The van der Waals surface area contributed by atoms with Crippen LogP contribution in [0, 0.1) is 0 Å². The summed E-state index contributed by atoms with van der Waals surface area (Å²) in [5, 5.41) is 4.64. The summed E-state index contributed by atoms with van der Waals surface area (Å²) in [5.74, 6) is 0. The van der Waals surface area contributed by atoms with Gasteiger partial charge in [-0.05, 0) is 36.2 Å². The van der Waals surface area contributed by atoms with E-state index < -0.39 is 0 Å². The minimum Gasteiger partial charge on any atom is -0.313 e. The van der Waals surface area contributed by atoms with E-state index in [1.54, 1.807) is 11.3 Å². The van der Waals surface area contributed by atoms with Crippen LogP contribution in [0.25, 0.3) is 10.2 Å². The number of aromatic nitrogens is 1. The molecule has 0 saturated heterocycles. The zero-order valence-corrected chi connectivity index (χ0v) is 13.1. The Morgan fingerprint density at radius 2 is 1.90 bits per heavy atom. The minimum absolute atomic E-state index is 0.918. The number of benzene rings is 2. The van der Waals surface area contributed by atoms with Crippen LogP contribution in [0.15, 0.2) is 48.5 Å². The van der Waals surface area contributed by atoms with Gasteiger partial charge in [-0.1, -0.05) is 43.3 Å². The third kappa shape index (κ3) is 3.69. The Morgan fingerprint density at radius 3 is 2.76 bits per heavy atom. The van der Waals surface area contributed by atoms with Crippen molar-refractivity contribution in [2.24, 2.45) is 0 Å². The maximum absolute atomic E-state index is 4.72. The second-order valence-electron chi connectivity index (χ2n) is 5.25. The number of fused-ring (bicyclic) bond motifs is 1. The predicted molar refractivity (Wildman–Crippen MR) is 90.9 cm³/mol. The Balaban J connectivity index is 1.73. The standard InChI is InChI=1S/C18H20N2S/c1-2-10-19-13-15-7-5-6-14(11-15)12-18-20-16-8-3-4-9-17(16)21-18/h3-9,11,19H,2,10,12-13H2,1H3. The van der Waals surface area contributed by atoms with E-state index in [0.717, 1.165) is 25.0 Å². The smallest absolute Gasteiger partial charge is 0.0982 e. The fourth-order valence-corrected chi connectivity index (χ4v) is 3.43. The SMILES string of the molecule is CCCNCc1cccc(Cc2nc3ccccc3s2)c1. The van der Waals surface area contributed by atoms with Gasteiger partial charge in [0.05, 0.1) is 15.2 Å². The fourth-order valence-electron chi connectivity index (χ4n) is 2.43. The van der Waals surface area contributed by atoms with Crippen LogP contribution in [-0.4, -0.2) is 11.5 Å². The molecule has 2 nitrogen and oxygen atoms in total. The molecule has 3 aromatic rings. The monoisotopic (exact) mass is 296 g/mol. The van der Waals surface area contributed by atoms with E-state index in [-0.39, 0.29) is 0 Å². The molecule has 0 bridgehead atoms. The van der Waals surface area contributed by atoms with Crippen molar-refractivity contribution < 1.29 is 0 Å². The lowest BCUT2D eigenvalue weighted by Gasteiger charge is -2.05. The third-order valence-corrected chi connectivity index (χ3v) is 4.48. The van der Waals surface area contributed by atoms with Crippen molar-refractivity contribution in [2.75, 3.05) is 6.54 Å². The first-order valence-corrected chi connectivity index (χ1v) is 8.30. The molecule has 3 heteroatoms. The lowest BCUT2D eigenvalue weighted by molar-refractivity contribution is 0.675.